The lowest BCUT2D eigenvalue weighted by Gasteiger charge is -2.12. The van der Waals surface area contributed by atoms with E-state index in [0.717, 1.165) is 11.3 Å². The van der Waals surface area contributed by atoms with Gasteiger partial charge < -0.3 is 15.2 Å². The first-order valence-corrected chi connectivity index (χ1v) is 9.79. The van der Waals surface area contributed by atoms with E-state index in [1.54, 1.807) is 37.4 Å². The molecule has 0 radical (unpaired) electrons. The lowest BCUT2D eigenvalue weighted by Crippen LogP contribution is -2.36. The molecule has 0 heterocycles. The van der Waals surface area contributed by atoms with Crippen molar-refractivity contribution in [2.45, 2.75) is 28.5 Å². The molecule has 1 fully saturated rings. The molecular formula is C19H23NO4S. The second-order valence-corrected chi connectivity index (χ2v) is 8.35. The highest BCUT2D eigenvalue weighted by molar-refractivity contribution is 7.92. The summed E-state index contributed by atoms with van der Waals surface area (Å²) in [6.45, 7) is 2.57. The third-order valence-electron chi connectivity index (χ3n) is 4.74. The summed E-state index contributed by atoms with van der Waals surface area (Å²) in [5, 5.41) is -0.706. The first-order valence-electron chi connectivity index (χ1n) is 8.24. The minimum absolute atomic E-state index is 0.205. The van der Waals surface area contributed by atoms with Crippen LogP contribution in [-0.2, 0) is 14.6 Å². The molecule has 1 saturated carbocycles. The minimum atomic E-state index is -3.55. The first kappa shape index (κ1) is 17.9. The molecule has 0 bridgehead atoms. The molecule has 2 aromatic carbocycles. The molecule has 0 saturated heterocycles. The SMILES string of the molecule is CCOC[C@]1(N)[C@H](c2ccc(OC)cc2)[C@@H]1S(=O)(=O)c1ccccc1. The average Bonchev–Trinajstić information content (AvgIpc) is 3.27. The Bertz CT molecular complexity index is 820. The van der Waals surface area contributed by atoms with E-state index in [2.05, 4.69) is 0 Å². The molecule has 0 spiro atoms. The number of benzene rings is 2. The standard InChI is InChI=1S/C19H23NO4S/c1-3-24-13-19(20)17(14-9-11-15(23-2)12-10-14)18(19)25(21,22)16-7-5-4-6-8-16/h4-12,17-18H,3,13,20H2,1-2H3/t17-,18+,19+/m1/s1. The van der Waals surface area contributed by atoms with Crippen molar-refractivity contribution in [3.05, 3.63) is 60.2 Å². The lowest BCUT2D eigenvalue weighted by molar-refractivity contribution is 0.125. The van der Waals surface area contributed by atoms with E-state index in [0.29, 0.717) is 11.5 Å². The zero-order chi connectivity index (χ0) is 18.1. The monoisotopic (exact) mass is 361 g/mol. The van der Waals surface area contributed by atoms with Crippen LogP contribution >= 0.6 is 0 Å². The van der Waals surface area contributed by atoms with Crippen LogP contribution in [-0.4, -0.2) is 39.5 Å². The topological polar surface area (TPSA) is 78.6 Å². The van der Waals surface area contributed by atoms with Crippen LogP contribution in [0, 0.1) is 0 Å². The van der Waals surface area contributed by atoms with Gasteiger partial charge in [0, 0.05) is 12.5 Å². The molecule has 1 aliphatic carbocycles. The van der Waals surface area contributed by atoms with Gasteiger partial charge in [-0.2, -0.15) is 0 Å². The maximum absolute atomic E-state index is 13.1. The number of rotatable bonds is 7. The molecule has 25 heavy (non-hydrogen) atoms. The third-order valence-corrected chi connectivity index (χ3v) is 7.05. The van der Waals surface area contributed by atoms with E-state index < -0.39 is 20.6 Å². The highest BCUT2D eigenvalue weighted by Crippen LogP contribution is 2.55. The molecule has 3 atom stereocenters. The Morgan fingerprint density at radius 2 is 1.72 bits per heavy atom. The van der Waals surface area contributed by atoms with Crippen molar-refractivity contribution in [2.75, 3.05) is 20.3 Å². The van der Waals surface area contributed by atoms with E-state index in [1.807, 2.05) is 31.2 Å². The van der Waals surface area contributed by atoms with Crippen molar-refractivity contribution in [2.24, 2.45) is 5.73 Å². The van der Waals surface area contributed by atoms with Gasteiger partial charge in [0.05, 0.1) is 29.4 Å². The van der Waals surface area contributed by atoms with Gasteiger partial charge in [0.2, 0.25) is 0 Å². The minimum Gasteiger partial charge on any atom is -0.497 e. The van der Waals surface area contributed by atoms with Gasteiger partial charge in [-0.25, -0.2) is 8.42 Å². The zero-order valence-corrected chi connectivity index (χ0v) is 15.2. The number of ether oxygens (including phenoxy) is 2. The smallest absolute Gasteiger partial charge is 0.183 e. The Kier molecular flexibility index (Phi) is 4.86. The Balaban J connectivity index is 1.97. The second kappa shape index (κ2) is 6.78. The summed E-state index contributed by atoms with van der Waals surface area (Å²) in [6.07, 6.45) is 0. The molecule has 0 aromatic heterocycles. The molecule has 5 nitrogen and oxygen atoms in total. The fourth-order valence-electron chi connectivity index (χ4n) is 3.39. The average molecular weight is 361 g/mol. The van der Waals surface area contributed by atoms with Crippen molar-refractivity contribution in [1.29, 1.82) is 0 Å². The third kappa shape index (κ3) is 3.17. The molecule has 3 rings (SSSR count). The summed E-state index contributed by atoms with van der Waals surface area (Å²) in [6, 6.07) is 15.8. The van der Waals surface area contributed by atoms with E-state index in [1.165, 1.54) is 0 Å². The molecule has 134 valence electrons. The molecular weight excluding hydrogens is 338 g/mol. The molecule has 0 aliphatic heterocycles. The maximum atomic E-state index is 13.1. The van der Waals surface area contributed by atoms with Gasteiger partial charge in [0.15, 0.2) is 9.84 Å². The predicted molar refractivity (Wildman–Crippen MR) is 96.6 cm³/mol. The molecule has 2 N–H and O–H groups in total. The van der Waals surface area contributed by atoms with Crippen molar-refractivity contribution in [3.63, 3.8) is 0 Å². The molecule has 0 amide bonds. The quantitative estimate of drug-likeness (QED) is 0.819. The molecule has 2 aromatic rings. The summed E-state index contributed by atoms with van der Waals surface area (Å²) < 4.78 is 36.9. The van der Waals surface area contributed by atoms with Gasteiger partial charge in [-0.05, 0) is 36.8 Å². The summed E-state index contributed by atoms with van der Waals surface area (Å²) in [7, 11) is -1.96. The number of hydrogen-bond donors (Lipinski definition) is 1. The fraction of sp³-hybridized carbons (Fsp3) is 0.368. The summed E-state index contributed by atoms with van der Waals surface area (Å²) in [5.74, 6) is 0.412. The van der Waals surface area contributed by atoms with Crippen LogP contribution in [0.1, 0.15) is 18.4 Å². The number of hydrogen-bond acceptors (Lipinski definition) is 5. The van der Waals surface area contributed by atoms with Crippen molar-refractivity contribution in [3.8, 4) is 5.75 Å². The van der Waals surface area contributed by atoms with Gasteiger partial charge in [-0.3, -0.25) is 0 Å². The number of methoxy groups -OCH3 is 1. The highest BCUT2D eigenvalue weighted by atomic mass is 32.2. The van der Waals surface area contributed by atoms with Gasteiger partial charge in [-0.1, -0.05) is 30.3 Å². The largest absolute Gasteiger partial charge is 0.497 e. The number of nitrogens with two attached hydrogens (primary N) is 1. The Hall–Kier alpha value is -1.89. The van der Waals surface area contributed by atoms with E-state index in [-0.39, 0.29) is 12.5 Å². The van der Waals surface area contributed by atoms with Crippen LogP contribution in [0.3, 0.4) is 0 Å². The Morgan fingerprint density at radius 3 is 2.28 bits per heavy atom. The van der Waals surface area contributed by atoms with Crippen molar-refractivity contribution < 1.29 is 17.9 Å². The second-order valence-electron chi connectivity index (χ2n) is 6.28. The van der Waals surface area contributed by atoms with Crippen molar-refractivity contribution in [1.82, 2.24) is 0 Å². The number of sulfone groups is 1. The van der Waals surface area contributed by atoms with Crippen LogP contribution in [0.15, 0.2) is 59.5 Å². The maximum Gasteiger partial charge on any atom is 0.183 e. The van der Waals surface area contributed by atoms with Crippen molar-refractivity contribution >= 4 is 9.84 Å². The first-order chi connectivity index (χ1) is 11.9. The van der Waals surface area contributed by atoms with Crippen LogP contribution < -0.4 is 10.5 Å². The summed E-state index contributed by atoms with van der Waals surface area (Å²) in [4.78, 5) is 0.294. The van der Waals surface area contributed by atoms with Gasteiger partial charge in [0.25, 0.3) is 0 Å². The normalized spacial score (nSPS) is 25.6. The highest BCUT2D eigenvalue weighted by Gasteiger charge is 2.69. The Labute approximate surface area is 148 Å². The van der Waals surface area contributed by atoms with E-state index in [9.17, 15) is 8.42 Å². The fourth-order valence-corrected chi connectivity index (χ4v) is 5.71. The van der Waals surface area contributed by atoms with Gasteiger partial charge >= 0.3 is 0 Å². The van der Waals surface area contributed by atoms with Crippen LogP contribution in [0.25, 0.3) is 0 Å². The van der Waals surface area contributed by atoms with Gasteiger partial charge in [-0.15, -0.1) is 0 Å². The lowest BCUT2D eigenvalue weighted by atomic mass is 10.1. The summed E-state index contributed by atoms with van der Waals surface area (Å²) >= 11 is 0. The van der Waals surface area contributed by atoms with Crippen LogP contribution in [0.4, 0.5) is 0 Å². The molecule has 0 unspecified atom stereocenters. The van der Waals surface area contributed by atoms with E-state index in [4.69, 9.17) is 15.2 Å². The zero-order valence-electron chi connectivity index (χ0n) is 14.4. The van der Waals surface area contributed by atoms with Crippen LogP contribution in [0.5, 0.6) is 5.75 Å². The molecule has 1 aliphatic rings. The predicted octanol–water partition coefficient (Wildman–Crippen LogP) is 2.37. The van der Waals surface area contributed by atoms with Gasteiger partial charge in [0.1, 0.15) is 5.75 Å². The Morgan fingerprint density at radius 1 is 1.08 bits per heavy atom. The summed E-state index contributed by atoms with van der Waals surface area (Å²) in [5.41, 5.74) is 6.46. The molecule has 6 heteroatoms. The van der Waals surface area contributed by atoms with Crippen LogP contribution in [0.2, 0.25) is 0 Å². The van der Waals surface area contributed by atoms with E-state index >= 15 is 0 Å².